The number of hydrogen-bond donors (Lipinski definition) is 0. The molecule has 0 spiro atoms. The number of likely N-dealkylation sites (tertiary alicyclic amines) is 1. The molecule has 0 bridgehead atoms. The summed E-state index contributed by atoms with van der Waals surface area (Å²) in [7, 11) is 2.12. The lowest BCUT2D eigenvalue weighted by Crippen LogP contribution is -2.43. The highest BCUT2D eigenvalue weighted by Crippen LogP contribution is 2.22. The number of piperidine rings is 1. The van der Waals surface area contributed by atoms with Crippen molar-refractivity contribution in [3.63, 3.8) is 0 Å². The van der Waals surface area contributed by atoms with E-state index in [1.807, 2.05) is 6.07 Å². The van der Waals surface area contributed by atoms with Crippen molar-refractivity contribution in [1.29, 1.82) is 0 Å². The van der Waals surface area contributed by atoms with Crippen molar-refractivity contribution < 1.29 is 0 Å². The number of rotatable bonds is 4. The van der Waals surface area contributed by atoms with Crippen LogP contribution in [0.25, 0.3) is 0 Å². The fourth-order valence-corrected chi connectivity index (χ4v) is 2.80. The first-order valence-corrected chi connectivity index (χ1v) is 7.50. The molecule has 19 heavy (non-hydrogen) atoms. The smallest absolute Gasteiger partial charge is 0.134 e. The molecule has 0 atom stereocenters. The van der Waals surface area contributed by atoms with Crippen LogP contribution in [0.5, 0.6) is 0 Å². The van der Waals surface area contributed by atoms with E-state index in [0.29, 0.717) is 11.2 Å². The van der Waals surface area contributed by atoms with Crippen LogP contribution in [0.3, 0.4) is 0 Å². The third-order valence-electron chi connectivity index (χ3n) is 3.96. The predicted molar refractivity (Wildman–Crippen MR) is 80.0 cm³/mol. The molecule has 106 valence electrons. The van der Waals surface area contributed by atoms with Gasteiger partial charge in [-0.05, 0) is 19.4 Å². The van der Waals surface area contributed by atoms with E-state index < -0.39 is 0 Å². The van der Waals surface area contributed by atoms with Gasteiger partial charge < -0.3 is 9.80 Å². The Kier molecular flexibility index (Phi) is 4.99. The van der Waals surface area contributed by atoms with Gasteiger partial charge in [0.05, 0.1) is 0 Å². The molecule has 1 aliphatic heterocycles. The maximum atomic E-state index is 6.07. The molecule has 1 saturated heterocycles. The van der Waals surface area contributed by atoms with E-state index in [1.165, 1.54) is 25.9 Å². The second-order valence-electron chi connectivity index (χ2n) is 5.09. The molecular formula is C14H23ClN4. The van der Waals surface area contributed by atoms with E-state index in [-0.39, 0.29) is 0 Å². The van der Waals surface area contributed by atoms with E-state index in [4.69, 9.17) is 11.6 Å². The Labute approximate surface area is 120 Å². The van der Waals surface area contributed by atoms with Crippen LogP contribution in [0.15, 0.2) is 6.07 Å². The summed E-state index contributed by atoms with van der Waals surface area (Å²) in [6, 6.07) is 2.42. The Bertz CT molecular complexity index is 416. The lowest BCUT2D eigenvalue weighted by molar-refractivity contribution is 0.220. The van der Waals surface area contributed by atoms with Crippen LogP contribution in [0.2, 0.25) is 5.15 Å². The quantitative estimate of drug-likeness (QED) is 0.795. The zero-order valence-corrected chi connectivity index (χ0v) is 12.8. The van der Waals surface area contributed by atoms with E-state index in [2.05, 4.69) is 40.7 Å². The summed E-state index contributed by atoms with van der Waals surface area (Å²) in [5, 5.41) is 0.541. The number of anilines is 1. The highest BCUT2D eigenvalue weighted by Gasteiger charge is 2.22. The molecule has 0 N–H and O–H groups in total. The largest absolute Gasteiger partial charge is 0.356 e. The number of aryl methyl sites for hydroxylation is 1. The van der Waals surface area contributed by atoms with Crippen LogP contribution in [-0.4, -0.2) is 47.6 Å². The SMILES string of the molecule is CCc1nc(Cl)cc(N(C)C2CCN(CC)CC2)n1. The first kappa shape index (κ1) is 14.5. The van der Waals surface area contributed by atoms with Gasteiger partial charge in [0.15, 0.2) is 0 Å². The van der Waals surface area contributed by atoms with Gasteiger partial charge in [-0.15, -0.1) is 0 Å². The minimum atomic E-state index is 0.541. The van der Waals surface area contributed by atoms with Crippen molar-refractivity contribution in [3.8, 4) is 0 Å². The zero-order valence-electron chi connectivity index (χ0n) is 12.1. The standard InChI is InChI=1S/C14H23ClN4/c1-4-13-16-12(15)10-14(17-13)18(3)11-6-8-19(5-2)9-7-11/h10-11H,4-9H2,1-3H3. The van der Waals surface area contributed by atoms with Gasteiger partial charge in [-0.3, -0.25) is 0 Å². The second-order valence-corrected chi connectivity index (χ2v) is 5.48. The first-order chi connectivity index (χ1) is 9.13. The third kappa shape index (κ3) is 3.57. The summed E-state index contributed by atoms with van der Waals surface area (Å²) in [5.74, 6) is 1.77. The monoisotopic (exact) mass is 282 g/mol. The van der Waals surface area contributed by atoms with Crippen LogP contribution >= 0.6 is 11.6 Å². The van der Waals surface area contributed by atoms with Gasteiger partial charge in [0.1, 0.15) is 16.8 Å². The number of halogens is 1. The van der Waals surface area contributed by atoms with Crippen molar-refractivity contribution in [2.24, 2.45) is 0 Å². The lowest BCUT2D eigenvalue weighted by Gasteiger charge is -2.36. The van der Waals surface area contributed by atoms with Crippen molar-refractivity contribution in [1.82, 2.24) is 14.9 Å². The normalized spacial score (nSPS) is 17.7. The highest BCUT2D eigenvalue weighted by atomic mass is 35.5. The highest BCUT2D eigenvalue weighted by molar-refractivity contribution is 6.29. The third-order valence-corrected chi connectivity index (χ3v) is 4.15. The Morgan fingerprint density at radius 3 is 2.58 bits per heavy atom. The van der Waals surface area contributed by atoms with Gasteiger partial charge in [0.2, 0.25) is 0 Å². The first-order valence-electron chi connectivity index (χ1n) is 7.12. The van der Waals surface area contributed by atoms with Crippen LogP contribution in [0.4, 0.5) is 5.82 Å². The topological polar surface area (TPSA) is 32.3 Å². The summed E-state index contributed by atoms with van der Waals surface area (Å²) >= 11 is 6.07. The molecule has 2 heterocycles. The van der Waals surface area contributed by atoms with E-state index in [9.17, 15) is 0 Å². The van der Waals surface area contributed by atoms with Gasteiger partial charge in [-0.2, -0.15) is 0 Å². The number of hydrogen-bond acceptors (Lipinski definition) is 4. The van der Waals surface area contributed by atoms with Gasteiger partial charge in [-0.25, -0.2) is 9.97 Å². The molecule has 0 amide bonds. The average Bonchev–Trinajstić information content (AvgIpc) is 2.46. The van der Waals surface area contributed by atoms with Crippen molar-refractivity contribution in [2.45, 2.75) is 39.2 Å². The summed E-state index contributed by atoms with van der Waals surface area (Å²) < 4.78 is 0. The fraction of sp³-hybridized carbons (Fsp3) is 0.714. The molecule has 1 aromatic rings. The molecule has 1 aromatic heterocycles. The molecule has 2 rings (SSSR count). The van der Waals surface area contributed by atoms with E-state index in [1.54, 1.807) is 0 Å². The lowest BCUT2D eigenvalue weighted by atomic mass is 10.0. The van der Waals surface area contributed by atoms with Crippen LogP contribution in [-0.2, 0) is 6.42 Å². The van der Waals surface area contributed by atoms with Crippen LogP contribution in [0, 0.1) is 0 Å². The summed E-state index contributed by atoms with van der Waals surface area (Å²) in [6.45, 7) is 7.77. The zero-order chi connectivity index (χ0) is 13.8. The van der Waals surface area contributed by atoms with E-state index in [0.717, 1.165) is 24.6 Å². The molecule has 1 aliphatic rings. The molecule has 0 aromatic carbocycles. The van der Waals surface area contributed by atoms with Crippen molar-refractivity contribution in [3.05, 3.63) is 17.0 Å². The number of aromatic nitrogens is 2. The second kappa shape index (κ2) is 6.53. The maximum Gasteiger partial charge on any atom is 0.134 e. The predicted octanol–water partition coefficient (Wildman–Crippen LogP) is 2.61. The Morgan fingerprint density at radius 1 is 1.32 bits per heavy atom. The summed E-state index contributed by atoms with van der Waals surface area (Å²) in [6.07, 6.45) is 3.19. The molecule has 5 heteroatoms. The Balaban J connectivity index is 2.07. The molecule has 0 saturated carbocycles. The summed E-state index contributed by atoms with van der Waals surface area (Å²) in [5.41, 5.74) is 0. The summed E-state index contributed by atoms with van der Waals surface area (Å²) in [4.78, 5) is 13.6. The molecule has 0 aliphatic carbocycles. The van der Waals surface area contributed by atoms with E-state index >= 15 is 0 Å². The van der Waals surface area contributed by atoms with Gasteiger partial charge >= 0.3 is 0 Å². The minimum absolute atomic E-state index is 0.541. The average molecular weight is 283 g/mol. The Morgan fingerprint density at radius 2 is 2.00 bits per heavy atom. The van der Waals surface area contributed by atoms with Gasteiger partial charge in [0, 0.05) is 38.7 Å². The van der Waals surface area contributed by atoms with Crippen LogP contribution < -0.4 is 4.90 Å². The Hall–Kier alpha value is -0.870. The molecule has 1 fully saturated rings. The van der Waals surface area contributed by atoms with Crippen molar-refractivity contribution in [2.75, 3.05) is 31.6 Å². The molecule has 0 unspecified atom stereocenters. The molecule has 4 nitrogen and oxygen atoms in total. The van der Waals surface area contributed by atoms with Crippen LogP contribution in [0.1, 0.15) is 32.5 Å². The molecular weight excluding hydrogens is 260 g/mol. The fourth-order valence-electron chi connectivity index (χ4n) is 2.60. The van der Waals surface area contributed by atoms with Gasteiger partial charge in [-0.1, -0.05) is 25.4 Å². The maximum absolute atomic E-state index is 6.07. The van der Waals surface area contributed by atoms with Crippen molar-refractivity contribution >= 4 is 17.4 Å². The minimum Gasteiger partial charge on any atom is -0.356 e. The number of nitrogens with zero attached hydrogens (tertiary/aromatic N) is 4. The molecule has 0 radical (unpaired) electrons. The van der Waals surface area contributed by atoms with Gasteiger partial charge in [0.25, 0.3) is 0 Å².